The van der Waals surface area contributed by atoms with E-state index in [1.54, 1.807) is 11.8 Å². The van der Waals surface area contributed by atoms with Crippen LogP contribution in [0, 0.1) is 5.41 Å². The minimum absolute atomic E-state index is 0.0981. The number of hydrogen-bond donors (Lipinski definition) is 1. The number of anilines is 2. The molecule has 3 rings (SSSR count). The Balaban J connectivity index is 1.88. The minimum atomic E-state index is -0.651. The number of nitrogens with zero attached hydrogens (tertiary/aromatic N) is 1. The lowest BCUT2D eigenvalue weighted by Crippen LogP contribution is -2.32. The van der Waals surface area contributed by atoms with Gasteiger partial charge in [0.2, 0.25) is 11.8 Å². The molecule has 148 valence electrons. The highest BCUT2D eigenvalue weighted by molar-refractivity contribution is 8.00. The molecule has 6 heteroatoms. The van der Waals surface area contributed by atoms with Gasteiger partial charge in [-0.2, -0.15) is 0 Å². The summed E-state index contributed by atoms with van der Waals surface area (Å²) in [6.45, 7) is 5.73. The molecule has 1 aliphatic heterocycles. The molecule has 4 nitrogen and oxygen atoms in total. The molecule has 2 aromatic carbocycles. The van der Waals surface area contributed by atoms with Crippen LogP contribution < -0.4 is 10.2 Å². The molecule has 1 aliphatic rings. The van der Waals surface area contributed by atoms with Gasteiger partial charge in [-0.25, -0.2) is 0 Å². The van der Waals surface area contributed by atoms with Crippen LogP contribution in [0.3, 0.4) is 0 Å². The monoisotopic (exact) mass is 416 g/mol. The summed E-state index contributed by atoms with van der Waals surface area (Å²) >= 11 is 7.51. The van der Waals surface area contributed by atoms with Crippen LogP contribution in [0.2, 0.25) is 0 Å². The Hall–Kier alpha value is -1.98. The molecule has 0 bridgehead atoms. The van der Waals surface area contributed by atoms with Gasteiger partial charge in [0.15, 0.2) is 0 Å². The van der Waals surface area contributed by atoms with Gasteiger partial charge in [0.05, 0.1) is 11.2 Å². The summed E-state index contributed by atoms with van der Waals surface area (Å²) in [5.74, 6) is 0.660. The normalized spacial score (nSPS) is 17.1. The molecule has 0 unspecified atom stereocenters. The standard InChI is InChI=1S/C22H25ClN2O2S/c1-4-15-7-5-10-18(11-15)25-19(26)13-28-20(25)16-8-6-9-17(12-16)24-21(27)22(2,3)14-23/h5-12,20H,4,13-14H2,1-3H3,(H,24,27)/t20-/m1/s1. The smallest absolute Gasteiger partial charge is 0.238 e. The van der Waals surface area contributed by atoms with E-state index in [1.807, 2.05) is 55.1 Å². The molecule has 0 saturated carbocycles. The van der Waals surface area contributed by atoms with Crippen LogP contribution in [0.5, 0.6) is 0 Å². The number of hydrogen-bond acceptors (Lipinski definition) is 3. The van der Waals surface area contributed by atoms with Crippen molar-refractivity contribution in [1.82, 2.24) is 0 Å². The molecule has 0 aliphatic carbocycles. The summed E-state index contributed by atoms with van der Waals surface area (Å²) in [5, 5.41) is 2.83. The number of nitrogens with one attached hydrogen (secondary N) is 1. The summed E-state index contributed by atoms with van der Waals surface area (Å²) in [6.07, 6.45) is 0.922. The summed E-state index contributed by atoms with van der Waals surface area (Å²) in [4.78, 5) is 26.9. The van der Waals surface area contributed by atoms with Crippen molar-refractivity contribution in [3.63, 3.8) is 0 Å². The fourth-order valence-electron chi connectivity index (χ4n) is 3.01. The lowest BCUT2D eigenvalue weighted by molar-refractivity contribution is -0.123. The Morgan fingerprint density at radius 1 is 1.25 bits per heavy atom. The number of benzene rings is 2. The average molecular weight is 417 g/mol. The van der Waals surface area contributed by atoms with E-state index in [-0.39, 0.29) is 23.1 Å². The Morgan fingerprint density at radius 3 is 2.71 bits per heavy atom. The van der Waals surface area contributed by atoms with Crippen LogP contribution in [0.1, 0.15) is 37.3 Å². The van der Waals surface area contributed by atoms with Crippen molar-refractivity contribution in [2.45, 2.75) is 32.6 Å². The van der Waals surface area contributed by atoms with Gasteiger partial charge in [-0.3, -0.25) is 14.5 Å². The van der Waals surface area contributed by atoms with Crippen molar-refractivity contribution < 1.29 is 9.59 Å². The number of thioether (sulfide) groups is 1. The van der Waals surface area contributed by atoms with Crippen LogP contribution >= 0.6 is 23.4 Å². The van der Waals surface area contributed by atoms with Crippen LogP contribution in [-0.4, -0.2) is 23.4 Å². The zero-order valence-electron chi connectivity index (χ0n) is 16.4. The maximum Gasteiger partial charge on any atom is 0.238 e. The van der Waals surface area contributed by atoms with Crippen molar-refractivity contribution in [2.24, 2.45) is 5.41 Å². The number of amides is 2. The van der Waals surface area contributed by atoms with Crippen LogP contribution in [0.25, 0.3) is 0 Å². The minimum Gasteiger partial charge on any atom is -0.326 e. The summed E-state index contributed by atoms with van der Waals surface area (Å²) in [5.41, 5.74) is 3.16. The molecule has 28 heavy (non-hydrogen) atoms. The van der Waals surface area contributed by atoms with Crippen LogP contribution in [-0.2, 0) is 16.0 Å². The zero-order valence-corrected chi connectivity index (χ0v) is 17.9. The molecule has 2 aromatic rings. The number of carbonyl (C=O) groups excluding carboxylic acids is 2. The molecular formula is C22H25ClN2O2S. The molecule has 1 atom stereocenters. The van der Waals surface area contributed by atoms with Crippen molar-refractivity contribution in [3.8, 4) is 0 Å². The molecule has 1 N–H and O–H groups in total. The summed E-state index contributed by atoms with van der Waals surface area (Å²) in [7, 11) is 0. The third-order valence-electron chi connectivity index (χ3n) is 4.84. The Bertz CT molecular complexity index is 884. The van der Waals surface area contributed by atoms with E-state index in [0.717, 1.165) is 17.7 Å². The van der Waals surface area contributed by atoms with Crippen molar-refractivity contribution in [2.75, 3.05) is 21.8 Å². The van der Waals surface area contributed by atoms with E-state index < -0.39 is 5.41 Å². The van der Waals surface area contributed by atoms with Gasteiger partial charge < -0.3 is 5.32 Å². The lowest BCUT2D eigenvalue weighted by atomic mass is 9.95. The van der Waals surface area contributed by atoms with Gasteiger partial charge in [-0.15, -0.1) is 23.4 Å². The molecule has 0 spiro atoms. The van der Waals surface area contributed by atoms with Gasteiger partial charge in [-0.05, 0) is 55.7 Å². The third-order valence-corrected chi connectivity index (χ3v) is 6.72. The first kappa shape index (κ1) is 20.7. The fourth-order valence-corrected chi connectivity index (χ4v) is 4.30. The number of alkyl halides is 1. The van der Waals surface area contributed by atoms with E-state index in [4.69, 9.17) is 11.6 Å². The van der Waals surface area contributed by atoms with Crippen molar-refractivity contribution >= 4 is 46.6 Å². The molecule has 1 heterocycles. The Labute approximate surface area is 175 Å². The first-order valence-corrected chi connectivity index (χ1v) is 10.9. The van der Waals surface area contributed by atoms with E-state index in [0.29, 0.717) is 11.4 Å². The molecule has 0 aromatic heterocycles. The van der Waals surface area contributed by atoms with Gasteiger partial charge in [0, 0.05) is 17.3 Å². The summed E-state index contributed by atoms with van der Waals surface area (Å²) < 4.78 is 0. The second-order valence-electron chi connectivity index (χ2n) is 7.55. The Morgan fingerprint density at radius 2 is 2.00 bits per heavy atom. The van der Waals surface area contributed by atoms with E-state index in [9.17, 15) is 9.59 Å². The number of rotatable bonds is 6. The Kier molecular flexibility index (Phi) is 6.36. The van der Waals surface area contributed by atoms with Crippen molar-refractivity contribution in [3.05, 3.63) is 59.7 Å². The fraction of sp³-hybridized carbons (Fsp3) is 0.364. The van der Waals surface area contributed by atoms with E-state index in [1.165, 1.54) is 5.56 Å². The maximum atomic E-state index is 12.6. The predicted octanol–water partition coefficient (Wildman–Crippen LogP) is 5.23. The zero-order chi connectivity index (χ0) is 20.3. The van der Waals surface area contributed by atoms with E-state index >= 15 is 0 Å². The molecule has 0 radical (unpaired) electrons. The van der Waals surface area contributed by atoms with Crippen LogP contribution in [0.15, 0.2) is 48.5 Å². The number of halogens is 1. The number of aryl methyl sites for hydroxylation is 1. The van der Waals surface area contributed by atoms with Gasteiger partial charge in [0.25, 0.3) is 0 Å². The molecule has 2 amide bonds. The quantitative estimate of drug-likeness (QED) is 0.656. The number of carbonyl (C=O) groups is 2. The molecule has 1 saturated heterocycles. The first-order chi connectivity index (χ1) is 13.4. The second-order valence-corrected chi connectivity index (χ2v) is 8.88. The van der Waals surface area contributed by atoms with E-state index in [2.05, 4.69) is 24.4 Å². The second kappa shape index (κ2) is 8.58. The lowest BCUT2D eigenvalue weighted by Gasteiger charge is -2.25. The molecular weight excluding hydrogens is 392 g/mol. The average Bonchev–Trinajstić information content (AvgIpc) is 3.09. The maximum absolute atomic E-state index is 12.6. The van der Waals surface area contributed by atoms with Crippen LogP contribution in [0.4, 0.5) is 11.4 Å². The largest absolute Gasteiger partial charge is 0.326 e. The summed E-state index contributed by atoms with van der Waals surface area (Å²) in [6, 6.07) is 15.8. The van der Waals surface area contributed by atoms with Gasteiger partial charge >= 0.3 is 0 Å². The van der Waals surface area contributed by atoms with Crippen molar-refractivity contribution in [1.29, 1.82) is 0 Å². The van der Waals surface area contributed by atoms with Gasteiger partial charge in [0.1, 0.15) is 5.37 Å². The topological polar surface area (TPSA) is 49.4 Å². The van der Waals surface area contributed by atoms with Gasteiger partial charge in [-0.1, -0.05) is 31.2 Å². The molecule has 1 fully saturated rings. The first-order valence-electron chi connectivity index (χ1n) is 9.35. The SMILES string of the molecule is CCc1cccc(N2C(=O)CS[C@@H]2c2cccc(NC(=O)C(C)(C)CCl)c2)c1. The highest BCUT2D eigenvalue weighted by atomic mass is 35.5. The third kappa shape index (κ3) is 4.36. The highest BCUT2D eigenvalue weighted by Crippen LogP contribution is 2.42. The highest BCUT2D eigenvalue weighted by Gasteiger charge is 2.34. The predicted molar refractivity (Wildman–Crippen MR) is 118 cm³/mol.